The molecule has 2 aliphatic rings. The van der Waals surface area contributed by atoms with Crippen molar-refractivity contribution in [2.24, 2.45) is 5.92 Å². The highest BCUT2D eigenvalue weighted by molar-refractivity contribution is 5.86. The monoisotopic (exact) mass is 531 g/mol. The maximum atomic E-state index is 13.3. The smallest absolute Gasteiger partial charge is 0.408 e. The Bertz CT molecular complexity index is 955. The van der Waals surface area contributed by atoms with Crippen molar-refractivity contribution in [1.82, 2.24) is 15.5 Å². The van der Waals surface area contributed by atoms with Crippen molar-refractivity contribution in [1.29, 1.82) is 0 Å². The van der Waals surface area contributed by atoms with E-state index in [1.165, 1.54) is 0 Å². The van der Waals surface area contributed by atoms with Gasteiger partial charge in [-0.15, -0.1) is 0 Å². The largest absolute Gasteiger partial charge is 0.462 e. The van der Waals surface area contributed by atoms with Crippen molar-refractivity contribution in [3.63, 3.8) is 0 Å². The molecule has 11 nitrogen and oxygen atoms in total. The first-order valence-electron chi connectivity index (χ1n) is 13.0. The molecule has 0 bridgehead atoms. The molecule has 3 rings (SSSR count). The number of rotatable bonds is 10. The molecule has 0 aliphatic carbocycles. The molecule has 0 radical (unpaired) electrons. The Hall–Kier alpha value is -3.44. The standard InChI is InChI=1S/C27H37N3O8/c31-14-16-36-15-12-28-24(32)17-21-9-4-5-11-23(29-27(35)38-18-20-7-2-1-3-8-20)26(34)37-19-22-10-6-13-30(22)25(21)33/h1-5,7-8,21-23,31H,6,9-19H2,(H,28,32)(H,29,35)/t21-,22+,23-/m1/s1. The minimum atomic E-state index is -0.944. The third kappa shape index (κ3) is 9.46. The molecule has 1 saturated heterocycles. The number of ether oxygens (including phenoxy) is 3. The van der Waals surface area contributed by atoms with E-state index < -0.39 is 24.0 Å². The molecule has 0 saturated carbocycles. The number of esters is 1. The second-order valence-electron chi connectivity index (χ2n) is 9.25. The SMILES string of the molecule is O=C(C[C@H]1CC=CC[C@@H](NC(=O)OCc2ccccc2)C(=O)OC[C@@H]2CCCN2C1=O)NCCOCCO. The molecular weight excluding hydrogens is 494 g/mol. The predicted octanol–water partition coefficient (Wildman–Crippen LogP) is 1.30. The van der Waals surface area contributed by atoms with Gasteiger partial charge in [0, 0.05) is 19.5 Å². The Kier molecular flexibility index (Phi) is 12.1. The van der Waals surface area contributed by atoms with Gasteiger partial charge in [-0.3, -0.25) is 9.59 Å². The lowest BCUT2D eigenvalue weighted by atomic mass is 9.97. The number of hydrogen-bond acceptors (Lipinski definition) is 8. The fourth-order valence-electron chi connectivity index (χ4n) is 4.42. The van der Waals surface area contributed by atoms with Crippen LogP contribution in [-0.4, -0.2) is 85.5 Å². The molecular formula is C27H37N3O8. The van der Waals surface area contributed by atoms with E-state index in [1.807, 2.05) is 30.3 Å². The Labute approximate surface area is 222 Å². The van der Waals surface area contributed by atoms with E-state index in [1.54, 1.807) is 17.1 Å². The van der Waals surface area contributed by atoms with Gasteiger partial charge in [0.15, 0.2) is 0 Å². The molecule has 1 aromatic carbocycles. The van der Waals surface area contributed by atoms with E-state index >= 15 is 0 Å². The summed E-state index contributed by atoms with van der Waals surface area (Å²) in [6.45, 7) is 1.29. The highest BCUT2D eigenvalue weighted by Gasteiger charge is 2.35. The zero-order chi connectivity index (χ0) is 27.2. The van der Waals surface area contributed by atoms with Gasteiger partial charge in [0.2, 0.25) is 11.8 Å². The van der Waals surface area contributed by atoms with Crippen LogP contribution < -0.4 is 10.6 Å². The van der Waals surface area contributed by atoms with Crippen LogP contribution >= 0.6 is 0 Å². The molecule has 11 heteroatoms. The van der Waals surface area contributed by atoms with Crippen molar-refractivity contribution < 1.29 is 38.5 Å². The van der Waals surface area contributed by atoms with E-state index in [-0.39, 0.29) is 70.3 Å². The van der Waals surface area contributed by atoms with Crippen molar-refractivity contribution in [2.75, 3.05) is 39.5 Å². The van der Waals surface area contributed by atoms with Gasteiger partial charge in [0.25, 0.3) is 0 Å². The number of nitrogens with zero attached hydrogens (tertiary/aromatic N) is 1. The summed E-state index contributed by atoms with van der Waals surface area (Å²) in [6.07, 6.45) is 4.68. The number of cyclic esters (lactones) is 1. The van der Waals surface area contributed by atoms with Gasteiger partial charge in [-0.05, 0) is 31.2 Å². The topological polar surface area (TPSA) is 144 Å². The molecule has 2 heterocycles. The predicted molar refractivity (Wildman–Crippen MR) is 137 cm³/mol. The molecule has 0 spiro atoms. The summed E-state index contributed by atoms with van der Waals surface area (Å²) in [7, 11) is 0. The van der Waals surface area contributed by atoms with Crippen LogP contribution in [0.25, 0.3) is 0 Å². The van der Waals surface area contributed by atoms with Crippen molar-refractivity contribution in [3.05, 3.63) is 48.0 Å². The molecule has 3 atom stereocenters. The van der Waals surface area contributed by atoms with Crippen LogP contribution in [0.2, 0.25) is 0 Å². The lowest BCUT2D eigenvalue weighted by Crippen LogP contribution is -2.46. The molecule has 2 aliphatic heterocycles. The van der Waals surface area contributed by atoms with Crippen molar-refractivity contribution in [3.8, 4) is 0 Å². The number of alkyl carbamates (subject to hydrolysis) is 1. The molecule has 3 N–H and O–H groups in total. The minimum Gasteiger partial charge on any atom is -0.462 e. The summed E-state index contributed by atoms with van der Waals surface area (Å²) in [5, 5.41) is 14.1. The Morgan fingerprint density at radius 2 is 1.89 bits per heavy atom. The van der Waals surface area contributed by atoms with Crippen LogP contribution in [0.1, 0.15) is 37.7 Å². The number of carbonyl (C=O) groups excluding carboxylic acids is 4. The maximum Gasteiger partial charge on any atom is 0.408 e. The number of allylic oxidation sites excluding steroid dienone is 1. The van der Waals surface area contributed by atoms with Gasteiger partial charge in [-0.2, -0.15) is 0 Å². The first-order chi connectivity index (χ1) is 18.5. The molecule has 0 unspecified atom stereocenters. The summed E-state index contributed by atoms with van der Waals surface area (Å²) >= 11 is 0. The quantitative estimate of drug-likeness (QED) is 0.233. The van der Waals surface area contributed by atoms with Crippen LogP contribution in [-0.2, 0) is 35.2 Å². The van der Waals surface area contributed by atoms with Crippen LogP contribution in [0.5, 0.6) is 0 Å². The number of hydrogen-bond donors (Lipinski definition) is 3. The van der Waals surface area contributed by atoms with Gasteiger partial charge in [-0.25, -0.2) is 9.59 Å². The zero-order valence-electron chi connectivity index (χ0n) is 21.5. The number of nitrogens with one attached hydrogen (secondary N) is 2. The van der Waals surface area contributed by atoms with Crippen molar-refractivity contribution in [2.45, 2.75) is 50.8 Å². The van der Waals surface area contributed by atoms with E-state index in [9.17, 15) is 19.2 Å². The fourth-order valence-corrected chi connectivity index (χ4v) is 4.42. The zero-order valence-corrected chi connectivity index (χ0v) is 21.5. The van der Waals surface area contributed by atoms with E-state index in [0.29, 0.717) is 19.4 Å². The highest BCUT2D eigenvalue weighted by atomic mass is 16.6. The Morgan fingerprint density at radius 1 is 1.11 bits per heavy atom. The molecule has 0 aromatic heterocycles. The lowest BCUT2D eigenvalue weighted by molar-refractivity contribution is -0.150. The van der Waals surface area contributed by atoms with E-state index in [2.05, 4.69) is 10.6 Å². The van der Waals surface area contributed by atoms with Crippen molar-refractivity contribution >= 4 is 23.9 Å². The first kappa shape index (κ1) is 29.1. The molecule has 3 amide bonds. The number of aliphatic hydroxyl groups excluding tert-OH is 1. The van der Waals surface area contributed by atoms with Crippen LogP contribution in [0, 0.1) is 5.92 Å². The molecule has 1 fully saturated rings. The molecule has 208 valence electrons. The number of aliphatic hydroxyl groups is 1. The second kappa shape index (κ2) is 15.7. The van der Waals surface area contributed by atoms with Gasteiger partial charge in [0.05, 0.1) is 31.8 Å². The summed E-state index contributed by atoms with van der Waals surface area (Å²) in [4.78, 5) is 52.7. The van der Waals surface area contributed by atoms with Crippen LogP contribution in [0.4, 0.5) is 4.79 Å². The van der Waals surface area contributed by atoms with E-state index in [0.717, 1.165) is 12.0 Å². The van der Waals surface area contributed by atoms with Gasteiger partial charge in [0.1, 0.15) is 19.3 Å². The molecule has 1 aromatic rings. The van der Waals surface area contributed by atoms with Gasteiger partial charge >= 0.3 is 12.1 Å². The number of fused-ring (bicyclic) bond motifs is 1. The normalized spacial score (nSPS) is 22.0. The fraction of sp³-hybridized carbons (Fsp3) is 0.556. The summed E-state index contributed by atoms with van der Waals surface area (Å²) in [5.41, 5.74) is 0.822. The van der Waals surface area contributed by atoms with Crippen LogP contribution in [0.15, 0.2) is 42.5 Å². The first-order valence-corrected chi connectivity index (χ1v) is 13.0. The van der Waals surface area contributed by atoms with Gasteiger partial charge < -0.3 is 34.9 Å². The second-order valence-corrected chi connectivity index (χ2v) is 9.25. The third-order valence-corrected chi connectivity index (χ3v) is 6.41. The summed E-state index contributed by atoms with van der Waals surface area (Å²) < 4.78 is 15.9. The average molecular weight is 532 g/mol. The Morgan fingerprint density at radius 3 is 2.68 bits per heavy atom. The number of benzene rings is 1. The highest BCUT2D eigenvalue weighted by Crippen LogP contribution is 2.24. The lowest BCUT2D eigenvalue weighted by Gasteiger charge is -2.29. The third-order valence-electron chi connectivity index (χ3n) is 6.41. The number of carbonyl (C=O) groups is 4. The average Bonchev–Trinajstić information content (AvgIpc) is 3.39. The van der Waals surface area contributed by atoms with E-state index in [4.69, 9.17) is 19.3 Å². The van der Waals surface area contributed by atoms with Crippen LogP contribution in [0.3, 0.4) is 0 Å². The summed E-state index contributed by atoms with van der Waals surface area (Å²) in [5.74, 6) is -1.56. The molecule has 38 heavy (non-hydrogen) atoms. The van der Waals surface area contributed by atoms with Gasteiger partial charge in [-0.1, -0.05) is 42.5 Å². The summed E-state index contributed by atoms with van der Waals surface area (Å²) in [6, 6.07) is 7.98. The maximum absolute atomic E-state index is 13.3. The minimum absolute atomic E-state index is 0.0136. The number of amides is 3. The Balaban J connectivity index is 1.60.